The van der Waals surface area contributed by atoms with Crippen LogP contribution >= 0.6 is 0 Å². The number of amides is 2. The van der Waals surface area contributed by atoms with E-state index in [0.717, 1.165) is 5.56 Å². The number of hydrogen-bond acceptors (Lipinski definition) is 7. The lowest BCUT2D eigenvalue weighted by Gasteiger charge is -2.25. The highest BCUT2D eigenvalue weighted by atomic mass is 16.5. The van der Waals surface area contributed by atoms with Gasteiger partial charge in [0.05, 0.1) is 18.7 Å². The number of carboxylic acids is 1. The lowest BCUT2D eigenvalue weighted by molar-refractivity contribution is -0.150. The normalized spacial score (nSPS) is 12.7. The average Bonchev–Trinajstić information content (AvgIpc) is 2.72. The van der Waals surface area contributed by atoms with Crippen molar-refractivity contribution in [1.82, 2.24) is 5.32 Å². The van der Waals surface area contributed by atoms with E-state index in [-0.39, 0.29) is 38.2 Å². The third-order valence-corrected chi connectivity index (χ3v) is 4.53. The predicted octanol–water partition coefficient (Wildman–Crippen LogP) is 1.64. The Kier molecular flexibility index (Phi) is 11.3. The number of benzene rings is 1. The number of nitrogens with one attached hydrogen (secondary N) is 2. The minimum Gasteiger partial charge on any atom is -0.481 e. The Bertz CT molecular complexity index is 779. The number of esters is 1. The highest BCUT2D eigenvalue weighted by Crippen LogP contribution is 2.17. The number of ether oxygens (including phenoxy) is 1. The van der Waals surface area contributed by atoms with Gasteiger partial charge in [0, 0.05) is 31.0 Å². The second-order valence-electron chi connectivity index (χ2n) is 6.82. The van der Waals surface area contributed by atoms with Crippen LogP contribution in [0.15, 0.2) is 29.4 Å². The van der Waals surface area contributed by atoms with Crippen LogP contribution in [-0.2, 0) is 23.9 Å². The summed E-state index contributed by atoms with van der Waals surface area (Å²) in [6.45, 7) is 3.63. The number of aliphatic carboxylic acids is 1. The molecule has 1 aromatic carbocycles. The van der Waals surface area contributed by atoms with Gasteiger partial charge in [0.1, 0.15) is 0 Å². The van der Waals surface area contributed by atoms with Gasteiger partial charge in [-0.3, -0.25) is 19.2 Å². The van der Waals surface area contributed by atoms with E-state index in [2.05, 4.69) is 15.7 Å². The van der Waals surface area contributed by atoms with Gasteiger partial charge >= 0.3 is 11.9 Å². The van der Waals surface area contributed by atoms with Gasteiger partial charge in [-0.05, 0) is 37.5 Å². The maximum atomic E-state index is 12.4. The van der Waals surface area contributed by atoms with Gasteiger partial charge in [-0.2, -0.15) is 5.10 Å². The predicted molar refractivity (Wildman–Crippen MR) is 115 cm³/mol. The minimum absolute atomic E-state index is 0.0698. The van der Waals surface area contributed by atoms with Gasteiger partial charge in [0.15, 0.2) is 0 Å². The molecule has 170 valence electrons. The molecule has 10 nitrogen and oxygen atoms in total. The molecule has 10 heteroatoms. The van der Waals surface area contributed by atoms with Crippen LogP contribution in [-0.4, -0.2) is 47.7 Å². The Morgan fingerprint density at radius 1 is 1.10 bits per heavy atom. The molecule has 0 radical (unpaired) electrons. The van der Waals surface area contributed by atoms with Gasteiger partial charge in [0.25, 0.3) is 0 Å². The Morgan fingerprint density at radius 3 is 2.29 bits per heavy atom. The number of rotatable bonds is 13. The molecule has 2 amide bonds. The smallest absolute Gasteiger partial charge is 0.310 e. The zero-order chi connectivity index (χ0) is 23.2. The fourth-order valence-corrected chi connectivity index (χ4v) is 2.99. The van der Waals surface area contributed by atoms with Crippen molar-refractivity contribution in [3.05, 3.63) is 29.8 Å². The first-order chi connectivity index (χ1) is 14.8. The monoisotopic (exact) mass is 434 g/mol. The molecule has 5 N–H and O–H groups in total. The van der Waals surface area contributed by atoms with Gasteiger partial charge < -0.3 is 26.3 Å². The second-order valence-corrected chi connectivity index (χ2v) is 6.82. The van der Waals surface area contributed by atoms with Gasteiger partial charge in [-0.1, -0.05) is 19.1 Å². The number of carboxylic acid groups (broad SMARTS) is 1. The van der Waals surface area contributed by atoms with E-state index >= 15 is 0 Å². The Morgan fingerprint density at radius 2 is 1.74 bits per heavy atom. The van der Waals surface area contributed by atoms with Crippen molar-refractivity contribution in [1.29, 1.82) is 0 Å². The van der Waals surface area contributed by atoms with E-state index < -0.39 is 29.8 Å². The Balaban J connectivity index is 2.63. The summed E-state index contributed by atoms with van der Waals surface area (Å²) in [5, 5.41) is 17.8. The van der Waals surface area contributed by atoms with Crippen LogP contribution in [0.4, 0.5) is 5.69 Å². The number of nitrogens with two attached hydrogens (primary N) is 1. The number of hydrazone groups is 1. The van der Waals surface area contributed by atoms with Crippen LogP contribution in [0.2, 0.25) is 0 Å². The fraction of sp³-hybridized carbons (Fsp3) is 0.476. The number of carbonyl (C=O) groups is 4. The molecule has 0 aliphatic carbocycles. The third-order valence-electron chi connectivity index (χ3n) is 4.53. The standard InChI is InChI=1S/C21H30N4O6/c1-3-16(21(30)31-4-2)17(9-12-20(28)29)25-19(27)11-10-18(26)24-15-7-5-14(6-8-15)13-23-22/h5-8,13,16-17H,3-4,9-12,22H2,1-2H3,(H,24,26)(H,25,27)(H,28,29). The van der Waals surface area contributed by atoms with Crippen molar-refractivity contribution in [2.24, 2.45) is 16.9 Å². The minimum atomic E-state index is -1.03. The van der Waals surface area contributed by atoms with Crippen molar-refractivity contribution in [2.45, 2.75) is 52.0 Å². The number of nitrogens with zero attached hydrogens (tertiary/aromatic N) is 1. The van der Waals surface area contributed by atoms with Crippen molar-refractivity contribution in [3.63, 3.8) is 0 Å². The molecule has 1 rings (SSSR count). The van der Waals surface area contributed by atoms with Crippen LogP contribution in [0, 0.1) is 5.92 Å². The molecule has 2 unspecified atom stereocenters. The molecule has 0 saturated heterocycles. The summed E-state index contributed by atoms with van der Waals surface area (Å²) in [5.41, 5.74) is 1.34. The van der Waals surface area contributed by atoms with Crippen molar-refractivity contribution < 1.29 is 29.0 Å². The van der Waals surface area contributed by atoms with E-state index in [4.69, 9.17) is 15.7 Å². The van der Waals surface area contributed by atoms with Gasteiger partial charge in [0.2, 0.25) is 11.8 Å². The molecule has 0 aliphatic heterocycles. The first-order valence-electron chi connectivity index (χ1n) is 10.1. The van der Waals surface area contributed by atoms with Crippen LogP contribution in [0.3, 0.4) is 0 Å². The summed E-state index contributed by atoms with van der Waals surface area (Å²) >= 11 is 0. The first-order valence-corrected chi connectivity index (χ1v) is 10.1. The highest BCUT2D eigenvalue weighted by molar-refractivity contribution is 5.93. The fourth-order valence-electron chi connectivity index (χ4n) is 2.99. The van der Waals surface area contributed by atoms with Crippen LogP contribution in [0.5, 0.6) is 0 Å². The molecule has 1 aromatic rings. The summed E-state index contributed by atoms with van der Waals surface area (Å²) in [5.74, 6) is 2.12. The molecule has 0 saturated carbocycles. The largest absolute Gasteiger partial charge is 0.481 e. The second kappa shape index (κ2) is 13.7. The van der Waals surface area contributed by atoms with E-state index in [9.17, 15) is 19.2 Å². The topological polar surface area (TPSA) is 160 Å². The molecule has 0 heterocycles. The van der Waals surface area contributed by atoms with Crippen LogP contribution in [0.25, 0.3) is 0 Å². The number of carbonyl (C=O) groups excluding carboxylic acids is 3. The number of anilines is 1. The molecule has 31 heavy (non-hydrogen) atoms. The SMILES string of the molecule is CCOC(=O)C(CC)C(CCC(=O)O)NC(=O)CCC(=O)Nc1ccc(C=NN)cc1. The zero-order valence-corrected chi connectivity index (χ0v) is 17.8. The number of hydrogen-bond donors (Lipinski definition) is 4. The summed E-state index contributed by atoms with van der Waals surface area (Å²) < 4.78 is 5.04. The molecule has 0 spiro atoms. The van der Waals surface area contributed by atoms with E-state index in [1.54, 1.807) is 38.1 Å². The molecule has 0 bridgehead atoms. The summed E-state index contributed by atoms with van der Waals surface area (Å²) in [4.78, 5) is 47.6. The zero-order valence-electron chi connectivity index (χ0n) is 17.8. The van der Waals surface area contributed by atoms with E-state index in [0.29, 0.717) is 12.1 Å². The van der Waals surface area contributed by atoms with Crippen molar-refractivity contribution >= 4 is 35.7 Å². The maximum Gasteiger partial charge on any atom is 0.310 e. The molecule has 0 aliphatic rings. The average molecular weight is 434 g/mol. The van der Waals surface area contributed by atoms with E-state index in [1.165, 1.54) is 6.21 Å². The lowest BCUT2D eigenvalue weighted by atomic mass is 9.92. The molecule has 2 atom stereocenters. The lowest BCUT2D eigenvalue weighted by Crippen LogP contribution is -2.44. The maximum absolute atomic E-state index is 12.4. The molecular weight excluding hydrogens is 404 g/mol. The third kappa shape index (κ3) is 9.75. The van der Waals surface area contributed by atoms with Crippen LogP contribution in [0.1, 0.15) is 51.5 Å². The molecule has 0 aromatic heterocycles. The van der Waals surface area contributed by atoms with Crippen molar-refractivity contribution in [3.8, 4) is 0 Å². The Hall–Kier alpha value is -3.43. The van der Waals surface area contributed by atoms with Gasteiger partial charge in [-0.15, -0.1) is 0 Å². The quantitative estimate of drug-likeness (QED) is 0.159. The summed E-state index contributed by atoms with van der Waals surface area (Å²) in [6, 6.07) is 6.13. The molecular formula is C21H30N4O6. The summed E-state index contributed by atoms with van der Waals surface area (Å²) in [6.07, 6.45) is 1.56. The molecule has 0 fully saturated rings. The van der Waals surface area contributed by atoms with E-state index in [1.807, 2.05) is 0 Å². The summed E-state index contributed by atoms with van der Waals surface area (Å²) in [7, 11) is 0. The highest BCUT2D eigenvalue weighted by Gasteiger charge is 2.29. The van der Waals surface area contributed by atoms with Gasteiger partial charge in [-0.25, -0.2) is 0 Å². The van der Waals surface area contributed by atoms with Crippen molar-refractivity contribution in [2.75, 3.05) is 11.9 Å². The van der Waals surface area contributed by atoms with Crippen LogP contribution < -0.4 is 16.5 Å². The first kappa shape index (κ1) is 25.6. The Labute approximate surface area is 181 Å².